The van der Waals surface area contributed by atoms with E-state index >= 15 is 0 Å². The van der Waals surface area contributed by atoms with E-state index in [1.165, 1.54) is 0 Å². The van der Waals surface area contributed by atoms with E-state index in [1.54, 1.807) is 0 Å². The van der Waals surface area contributed by atoms with Gasteiger partial charge < -0.3 is 16.2 Å². The first-order valence-corrected chi connectivity index (χ1v) is 5.22. The van der Waals surface area contributed by atoms with Crippen LogP contribution in [0.1, 0.15) is 26.2 Å². The molecule has 0 aromatic rings. The predicted molar refractivity (Wildman–Crippen MR) is 60.5 cm³/mol. The van der Waals surface area contributed by atoms with Gasteiger partial charge in [-0.05, 0) is 6.42 Å². The fourth-order valence-corrected chi connectivity index (χ4v) is 1.24. The number of hydrogen-bond acceptors (Lipinski definition) is 3. The topological polar surface area (TPSA) is 92.4 Å². The molecule has 0 rings (SSSR count). The maximum Gasteiger partial charge on any atom is 0.308 e. The summed E-state index contributed by atoms with van der Waals surface area (Å²) < 4.78 is 0. The average molecular weight is 226 g/mol. The highest BCUT2D eigenvalue weighted by Crippen LogP contribution is 2.05. The number of carboxylic acids is 1. The molecule has 0 aliphatic rings. The Kier molecular flexibility index (Phi) is 6.97. The van der Waals surface area contributed by atoms with E-state index in [9.17, 15) is 9.59 Å². The molecule has 16 heavy (non-hydrogen) atoms. The molecule has 0 fully saturated rings. The molecule has 0 aliphatic heterocycles. The van der Waals surface area contributed by atoms with E-state index in [-0.39, 0.29) is 13.0 Å². The summed E-state index contributed by atoms with van der Waals surface area (Å²) >= 11 is 0. The van der Waals surface area contributed by atoms with Gasteiger partial charge in [0.2, 0.25) is 5.91 Å². The zero-order chi connectivity index (χ0) is 12.6. The number of amides is 1. The summed E-state index contributed by atoms with van der Waals surface area (Å²) in [6.45, 7) is 1.99. The number of hydrogen-bond donors (Lipinski definition) is 3. The molecule has 5 nitrogen and oxygen atoms in total. The summed E-state index contributed by atoms with van der Waals surface area (Å²) in [5.41, 5.74) is 5.46. The lowest BCUT2D eigenvalue weighted by Crippen LogP contribution is -2.43. The van der Waals surface area contributed by atoms with Crippen molar-refractivity contribution >= 4 is 11.9 Å². The van der Waals surface area contributed by atoms with Crippen molar-refractivity contribution in [3.05, 3.63) is 0 Å². The number of carboxylic acid groups (broad SMARTS) is 1. The van der Waals surface area contributed by atoms with Crippen molar-refractivity contribution in [2.45, 2.75) is 32.2 Å². The lowest BCUT2D eigenvalue weighted by Gasteiger charge is -2.14. The van der Waals surface area contributed by atoms with Gasteiger partial charge in [-0.1, -0.05) is 13.3 Å². The number of terminal acetylenes is 1. The highest BCUT2D eigenvalue weighted by molar-refractivity contribution is 5.82. The summed E-state index contributed by atoms with van der Waals surface area (Å²) in [5, 5.41) is 11.3. The average Bonchev–Trinajstić information content (AvgIpc) is 2.23. The molecule has 0 bridgehead atoms. The summed E-state index contributed by atoms with van der Waals surface area (Å²) in [4.78, 5) is 22.1. The molecule has 0 saturated carbocycles. The molecule has 2 unspecified atom stereocenters. The molecule has 90 valence electrons. The first-order chi connectivity index (χ1) is 7.52. The lowest BCUT2D eigenvalue weighted by atomic mass is 10.0. The van der Waals surface area contributed by atoms with Crippen LogP contribution in [0, 0.1) is 18.3 Å². The number of nitrogens with one attached hydrogen (secondary N) is 1. The van der Waals surface area contributed by atoms with Crippen molar-refractivity contribution in [2.24, 2.45) is 11.7 Å². The molecule has 0 spiro atoms. The first-order valence-electron chi connectivity index (χ1n) is 5.22. The molecular weight excluding hydrogens is 208 g/mol. The smallest absolute Gasteiger partial charge is 0.308 e. The largest absolute Gasteiger partial charge is 0.481 e. The van der Waals surface area contributed by atoms with E-state index < -0.39 is 23.8 Å². The quantitative estimate of drug-likeness (QED) is 0.531. The number of carbonyl (C=O) groups excluding carboxylic acids is 1. The third-order valence-electron chi connectivity index (χ3n) is 2.18. The second-order valence-electron chi connectivity index (χ2n) is 3.58. The minimum Gasteiger partial charge on any atom is -0.481 e. The number of carbonyl (C=O) groups is 2. The zero-order valence-corrected chi connectivity index (χ0v) is 9.40. The fourth-order valence-electron chi connectivity index (χ4n) is 1.24. The maximum atomic E-state index is 11.3. The Bertz CT molecular complexity index is 283. The first kappa shape index (κ1) is 14.5. The van der Waals surface area contributed by atoms with Crippen LogP contribution in [-0.4, -0.2) is 29.6 Å². The van der Waals surface area contributed by atoms with Crippen LogP contribution in [0.25, 0.3) is 0 Å². The van der Waals surface area contributed by atoms with Gasteiger partial charge in [-0.25, -0.2) is 0 Å². The van der Waals surface area contributed by atoms with Gasteiger partial charge in [-0.3, -0.25) is 9.59 Å². The summed E-state index contributed by atoms with van der Waals surface area (Å²) in [6.07, 6.45) is 6.45. The molecule has 0 heterocycles. The van der Waals surface area contributed by atoms with Crippen LogP contribution >= 0.6 is 0 Å². The van der Waals surface area contributed by atoms with Gasteiger partial charge in [0.15, 0.2) is 0 Å². The third-order valence-corrected chi connectivity index (χ3v) is 2.18. The van der Waals surface area contributed by atoms with Crippen LogP contribution in [0.3, 0.4) is 0 Å². The van der Waals surface area contributed by atoms with E-state index in [0.29, 0.717) is 6.42 Å². The summed E-state index contributed by atoms with van der Waals surface area (Å²) in [5.74, 6) is 0.407. The van der Waals surface area contributed by atoms with Crippen molar-refractivity contribution in [2.75, 3.05) is 6.54 Å². The van der Waals surface area contributed by atoms with Crippen molar-refractivity contribution in [1.29, 1.82) is 0 Å². The van der Waals surface area contributed by atoms with Gasteiger partial charge in [-0.2, -0.15) is 0 Å². The third kappa shape index (κ3) is 5.37. The molecule has 0 radical (unpaired) electrons. The van der Waals surface area contributed by atoms with Gasteiger partial charge in [-0.15, -0.1) is 12.3 Å². The highest BCUT2D eigenvalue weighted by Gasteiger charge is 2.19. The van der Waals surface area contributed by atoms with Crippen LogP contribution in [0.2, 0.25) is 0 Å². The van der Waals surface area contributed by atoms with Crippen LogP contribution < -0.4 is 11.1 Å². The van der Waals surface area contributed by atoms with Gasteiger partial charge in [0.25, 0.3) is 0 Å². The summed E-state index contributed by atoms with van der Waals surface area (Å²) in [6, 6.07) is -0.763. The van der Waals surface area contributed by atoms with Crippen molar-refractivity contribution in [1.82, 2.24) is 5.32 Å². The molecule has 0 saturated heterocycles. The highest BCUT2D eigenvalue weighted by atomic mass is 16.4. The van der Waals surface area contributed by atoms with Gasteiger partial charge >= 0.3 is 5.97 Å². The molecule has 4 N–H and O–H groups in total. The van der Waals surface area contributed by atoms with Crippen molar-refractivity contribution < 1.29 is 14.7 Å². The monoisotopic (exact) mass is 226 g/mol. The number of rotatable bonds is 7. The van der Waals surface area contributed by atoms with Crippen LogP contribution in [0.15, 0.2) is 0 Å². The molecule has 0 aromatic carbocycles. The number of aliphatic carboxylic acids is 1. The molecule has 1 amide bonds. The minimum absolute atomic E-state index is 0.0975. The Morgan fingerprint density at radius 1 is 1.56 bits per heavy atom. The Balaban J connectivity index is 4.06. The molecule has 2 atom stereocenters. The van der Waals surface area contributed by atoms with Gasteiger partial charge in [0.1, 0.15) is 0 Å². The Hall–Kier alpha value is -1.54. The van der Waals surface area contributed by atoms with Crippen LogP contribution in [-0.2, 0) is 9.59 Å². The standard InChI is InChI=1S/C11H18N2O3/c1-3-5-8(11(15)16)7-13-10(14)9(12)6-4-2/h2,8-9H,3,5-7,12H2,1H3,(H,13,14)(H,15,16). The second kappa shape index (κ2) is 7.71. The Morgan fingerprint density at radius 3 is 2.62 bits per heavy atom. The van der Waals surface area contributed by atoms with E-state index in [0.717, 1.165) is 6.42 Å². The van der Waals surface area contributed by atoms with Crippen LogP contribution in [0.5, 0.6) is 0 Å². The maximum absolute atomic E-state index is 11.3. The minimum atomic E-state index is -0.910. The van der Waals surface area contributed by atoms with E-state index in [1.807, 2.05) is 6.92 Å². The SMILES string of the molecule is C#CCC(N)C(=O)NCC(CCC)C(=O)O. The summed E-state index contributed by atoms with van der Waals surface area (Å²) in [7, 11) is 0. The molecular formula is C11H18N2O3. The Morgan fingerprint density at radius 2 is 2.19 bits per heavy atom. The molecule has 0 aromatic heterocycles. The predicted octanol–water partition coefficient (Wildman–Crippen LogP) is -0.0459. The Labute approximate surface area is 95.4 Å². The molecule has 5 heteroatoms. The second-order valence-corrected chi connectivity index (χ2v) is 3.58. The van der Waals surface area contributed by atoms with Crippen molar-refractivity contribution in [3.8, 4) is 12.3 Å². The van der Waals surface area contributed by atoms with E-state index in [2.05, 4.69) is 11.2 Å². The van der Waals surface area contributed by atoms with Gasteiger partial charge in [0.05, 0.1) is 12.0 Å². The lowest BCUT2D eigenvalue weighted by molar-refractivity contribution is -0.142. The van der Waals surface area contributed by atoms with E-state index in [4.69, 9.17) is 17.3 Å². The van der Waals surface area contributed by atoms with Gasteiger partial charge in [0, 0.05) is 13.0 Å². The fraction of sp³-hybridized carbons (Fsp3) is 0.636. The number of nitrogens with two attached hydrogens (primary N) is 1. The molecule has 0 aliphatic carbocycles. The van der Waals surface area contributed by atoms with Crippen molar-refractivity contribution in [3.63, 3.8) is 0 Å². The van der Waals surface area contributed by atoms with Crippen LogP contribution in [0.4, 0.5) is 0 Å². The zero-order valence-electron chi connectivity index (χ0n) is 9.40. The normalized spacial score (nSPS) is 13.6.